The van der Waals surface area contributed by atoms with Crippen molar-refractivity contribution in [3.63, 3.8) is 0 Å². The van der Waals surface area contributed by atoms with Crippen molar-refractivity contribution in [1.82, 2.24) is 4.98 Å². The normalized spacial score (nSPS) is 11.9. The Morgan fingerprint density at radius 1 is 1.38 bits per heavy atom. The molecule has 0 unspecified atom stereocenters. The van der Waals surface area contributed by atoms with Crippen molar-refractivity contribution in [2.45, 2.75) is 12.6 Å². The van der Waals surface area contributed by atoms with Crippen LogP contribution in [0.3, 0.4) is 0 Å². The van der Waals surface area contributed by atoms with E-state index in [1.165, 1.54) is 0 Å². The molecule has 2 N–H and O–H groups in total. The van der Waals surface area contributed by atoms with E-state index in [1.54, 1.807) is 0 Å². The van der Waals surface area contributed by atoms with E-state index in [1.807, 2.05) is 0 Å². The largest absolute Gasteiger partial charge is 0.417 e. The summed E-state index contributed by atoms with van der Waals surface area (Å²) in [6, 6.07) is 0.116. The zero-order valence-corrected chi connectivity index (χ0v) is 7.55. The van der Waals surface area contributed by atoms with E-state index in [2.05, 4.69) is 10.7 Å². The number of aromatic nitrogens is 1. The zero-order valence-electron chi connectivity index (χ0n) is 7.55. The van der Waals surface area contributed by atoms with Crippen LogP contribution in [0.2, 0.25) is 0 Å². The second-order valence-corrected chi connectivity index (χ2v) is 2.82. The van der Waals surface area contributed by atoms with Gasteiger partial charge in [-0.05, 0) is 6.07 Å². The van der Waals surface area contributed by atoms with Gasteiger partial charge < -0.3 is 5.73 Å². The molecule has 0 fully saturated rings. The van der Waals surface area contributed by atoms with E-state index < -0.39 is 35.3 Å². The maximum absolute atomic E-state index is 12.4. The minimum Gasteiger partial charge on any atom is -0.366 e. The topological polar surface area (TPSA) is 56.0 Å². The van der Waals surface area contributed by atoms with Crippen molar-refractivity contribution < 1.29 is 26.7 Å². The molecule has 0 radical (unpaired) electrons. The highest BCUT2D eigenvalue weighted by molar-refractivity contribution is 5.94. The van der Waals surface area contributed by atoms with Gasteiger partial charge in [-0.2, -0.15) is 13.2 Å². The summed E-state index contributed by atoms with van der Waals surface area (Å²) in [5.41, 5.74) is 1.17. The SMILES string of the molecule is NC(=O)c1cnc(C(F)F)cc1C(F)(F)F. The minimum atomic E-state index is -4.93. The van der Waals surface area contributed by atoms with Crippen molar-refractivity contribution in [3.05, 3.63) is 29.1 Å². The predicted molar refractivity (Wildman–Crippen MR) is 42.7 cm³/mol. The van der Waals surface area contributed by atoms with Crippen molar-refractivity contribution in [3.8, 4) is 0 Å². The van der Waals surface area contributed by atoms with Gasteiger partial charge in [0, 0.05) is 6.20 Å². The first kappa shape index (κ1) is 12.3. The molecule has 0 aliphatic heterocycles. The van der Waals surface area contributed by atoms with Crippen molar-refractivity contribution in [1.29, 1.82) is 0 Å². The van der Waals surface area contributed by atoms with E-state index >= 15 is 0 Å². The minimum absolute atomic E-state index is 0.116. The number of alkyl halides is 5. The number of amides is 1. The number of carbonyl (C=O) groups excluding carboxylic acids is 1. The lowest BCUT2D eigenvalue weighted by Gasteiger charge is -2.11. The summed E-state index contributed by atoms with van der Waals surface area (Å²) < 4.78 is 61.4. The van der Waals surface area contributed by atoms with Gasteiger partial charge in [-0.3, -0.25) is 9.78 Å². The molecular formula is C8H5F5N2O. The second kappa shape index (κ2) is 4.03. The second-order valence-electron chi connectivity index (χ2n) is 2.82. The summed E-state index contributed by atoms with van der Waals surface area (Å²) in [6.45, 7) is 0. The van der Waals surface area contributed by atoms with Gasteiger partial charge >= 0.3 is 6.18 Å². The maximum Gasteiger partial charge on any atom is 0.417 e. The summed E-state index contributed by atoms with van der Waals surface area (Å²) in [7, 11) is 0. The van der Waals surface area contributed by atoms with Gasteiger partial charge in [0.1, 0.15) is 5.69 Å². The van der Waals surface area contributed by atoms with Gasteiger partial charge in [0.05, 0.1) is 11.1 Å². The van der Waals surface area contributed by atoms with Crippen molar-refractivity contribution in [2.75, 3.05) is 0 Å². The first-order valence-electron chi connectivity index (χ1n) is 3.88. The Hall–Kier alpha value is -1.73. The molecule has 1 aromatic rings. The fraction of sp³-hybridized carbons (Fsp3) is 0.250. The van der Waals surface area contributed by atoms with E-state index in [-0.39, 0.29) is 6.07 Å². The number of nitrogens with two attached hydrogens (primary N) is 1. The van der Waals surface area contributed by atoms with Crippen LogP contribution in [-0.4, -0.2) is 10.9 Å². The van der Waals surface area contributed by atoms with Crippen LogP contribution >= 0.6 is 0 Å². The fourth-order valence-corrected chi connectivity index (χ4v) is 1.02. The number of carbonyl (C=O) groups is 1. The molecule has 88 valence electrons. The Bertz CT molecular complexity index is 415. The molecule has 1 heterocycles. The number of nitrogens with zero attached hydrogens (tertiary/aromatic N) is 1. The molecule has 8 heteroatoms. The zero-order chi connectivity index (χ0) is 12.5. The highest BCUT2D eigenvalue weighted by atomic mass is 19.4. The molecule has 0 aromatic carbocycles. The smallest absolute Gasteiger partial charge is 0.366 e. The van der Waals surface area contributed by atoms with Gasteiger partial charge in [-0.1, -0.05) is 0 Å². The Morgan fingerprint density at radius 3 is 2.31 bits per heavy atom. The maximum atomic E-state index is 12.4. The lowest BCUT2D eigenvalue weighted by molar-refractivity contribution is -0.138. The summed E-state index contributed by atoms with van der Waals surface area (Å²) in [4.78, 5) is 13.7. The van der Waals surface area contributed by atoms with Crippen molar-refractivity contribution >= 4 is 5.91 Å². The lowest BCUT2D eigenvalue weighted by atomic mass is 10.1. The number of rotatable bonds is 2. The highest BCUT2D eigenvalue weighted by Gasteiger charge is 2.36. The van der Waals surface area contributed by atoms with Crippen LogP contribution in [0, 0.1) is 0 Å². The standard InChI is InChI=1S/C8H5F5N2O/c9-6(10)5-1-4(8(11,12)13)3(2-15-5)7(14)16/h1-2,6H,(H2,14,16). The summed E-state index contributed by atoms with van der Waals surface area (Å²) in [5, 5.41) is 0. The third-order valence-electron chi connectivity index (χ3n) is 1.72. The highest BCUT2D eigenvalue weighted by Crippen LogP contribution is 2.33. The Labute approximate surface area is 86.1 Å². The number of halogens is 5. The molecule has 0 spiro atoms. The molecule has 0 saturated heterocycles. The molecule has 1 rings (SSSR count). The Kier molecular flexibility index (Phi) is 3.11. The van der Waals surface area contributed by atoms with Crippen LogP contribution in [0.25, 0.3) is 0 Å². The molecule has 16 heavy (non-hydrogen) atoms. The summed E-state index contributed by atoms with van der Waals surface area (Å²) in [5.74, 6) is -1.37. The van der Waals surface area contributed by atoms with E-state index in [0.29, 0.717) is 6.20 Å². The van der Waals surface area contributed by atoms with Gasteiger partial charge in [-0.25, -0.2) is 8.78 Å². The molecule has 0 aliphatic carbocycles. The molecule has 0 bridgehead atoms. The van der Waals surface area contributed by atoms with Crippen LogP contribution < -0.4 is 5.73 Å². The van der Waals surface area contributed by atoms with Crippen molar-refractivity contribution in [2.24, 2.45) is 5.73 Å². The summed E-state index contributed by atoms with van der Waals surface area (Å²) in [6.07, 6.45) is -7.69. The monoisotopic (exact) mass is 240 g/mol. The first-order valence-corrected chi connectivity index (χ1v) is 3.88. The molecule has 0 aliphatic rings. The molecule has 0 saturated carbocycles. The van der Waals surface area contributed by atoms with E-state index in [0.717, 1.165) is 0 Å². The van der Waals surface area contributed by atoms with Crippen LogP contribution in [0.5, 0.6) is 0 Å². The number of hydrogen-bond acceptors (Lipinski definition) is 2. The molecule has 1 amide bonds. The van der Waals surface area contributed by atoms with Crippen LogP contribution in [0.4, 0.5) is 22.0 Å². The molecule has 1 aromatic heterocycles. The van der Waals surface area contributed by atoms with Gasteiger partial charge in [0.25, 0.3) is 12.3 Å². The number of hydrogen-bond donors (Lipinski definition) is 1. The van der Waals surface area contributed by atoms with E-state index in [4.69, 9.17) is 0 Å². The molecular weight excluding hydrogens is 235 g/mol. The van der Waals surface area contributed by atoms with Gasteiger partial charge in [0.2, 0.25) is 0 Å². The number of pyridine rings is 1. The fourth-order valence-electron chi connectivity index (χ4n) is 1.02. The van der Waals surface area contributed by atoms with Gasteiger partial charge in [-0.15, -0.1) is 0 Å². The quantitative estimate of drug-likeness (QED) is 0.805. The van der Waals surface area contributed by atoms with E-state index in [9.17, 15) is 26.7 Å². The van der Waals surface area contributed by atoms with Crippen LogP contribution in [0.1, 0.15) is 28.0 Å². The summed E-state index contributed by atoms with van der Waals surface area (Å²) >= 11 is 0. The molecule has 0 atom stereocenters. The third-order valence-corrected chi connectivity index (χ3v) is 1.72. The lowest BCUT2D eigenvalue weighted by Crippen LogP contribution is -2.19. The molecule has 3 nitrogen and oxygen atoms in total. The van der Waals surface area contributed by atoms with Crippen LogP contribution in [-0.2, 0) is 6.18 Å². The predicted octanol–water partition coefficient (Wildman–Crippen LogP) is 2.14. The number of primary amides is 1. The third kappa shape index (κ3) is 2.44. The Morgan fingerprint density at radius 2 is 1.94 bits per heavy atom. The first-order chi connectivity index (χ1) is 7.23. The average molecular weight is 240 g/mol. The Balaban J connectivity index is 3.39. The van der Waals surface area contributed by atoms with Crippen LogP contribution in [0.15, 0.2) is 12.3 Å². The average Bonchev–Trinajstić information content (AvgIpc) is 2.15. The van der Waals surface area contributed by atoms with Gasteiger partial charge in [0.15, 0.2) is 0 Å².